The number of nitrogens with zero attached hydrogens (tertiary/aromatic N) is 3. The molecule has 2 N–H and O–H groups in total. The number of anilines is 2. The van der Waals surface area contributed by atoms with Gasteiger partial charge in [-0.2, -0.15) is 0 Å². The lowest BCUT2D eigenvalue weighted by atomic mass is 10.1. The minimum atomic E-state index is 0.186. The van der Waals surface area contributed by atoms with Crippen LogP contribution in [0.3, 0.4) is 0 Å². The van der Waals surface area contributed by atoms with E-state index in [1.54, 1.807) is 0 Å². The van der Waals surface area contributed by atoms with Crippen LogP contribution in [0, 0.1) is 6.92 Å². The number of aliphatic hydroxyl groups is 1. The first-order valence-corrected chi connectivity index (χ1v) is 7.71. The molecule has 112 valence electrons. The largest absolute Gasteiger partial charge is 0.394 e. The molecule has 2 rings (SSSR count). The summed E-state index contributed by atoms with van der Waals surface area (Å²) in [6.45, 7) is 6.14. The first-order chi connectivity index (χ1) is 9.74. The van der Waals surface area contributed by atoms with Crippen molar-refractivity contribution < 1.29 is 5.11 Å². The number of aliphatic hydroxyl groups excluding tert-OH is 1. The summed E-state index contributed by atoms with van der Waals surface area (Å²) in [5.41, 5.74) is 0. The van der Waals surface area contributed by atoms with Crippen molar-refractivity contribution in [3.05, 3.63) is 11.9 Å². The molecule has 2 heterocycles. The van der Waals surface area contributed by atoms with Gasteiger partial charge in [0, 0.05) is 19.2 Å². The zero-order chi connectivity index (χ0) is 14.4. The van der Waals surface area contributed by atoms with Gasteiger partial charge in [0.1, 0.15) is 17.5 Å². The summed E-state index contributed by atoms with van der Waals surface area (Å²) >= 11 is 0. The van der Waals surface area contributed by atoms with Crippen molar-refractivity contribution in [1.29, 1.82) is 0 Å². The van der Waals surface area contributed by atoms with Crippen LogP contribution in [0.15, 0.2) is 6.07 Å². The molecule has 0 saturated carbocycles. The molecule has 1 saturated heterocycles. The Morgan fingerprint density at radius 1 is 1.35 bits per heavy atom. The monoisotopic (exact) mass is 278 g/mol. The molecule has 1 aliphatic rings. The molecule has 1 atom stereocenters. The summed E-state index contributed by atoms with van der Waals surface area (Å²) in [6, 6.07) is 2.20. The Morgan fingerprint density at radius 2 is 2.20 bits per heavy atom. The lowest BCUT2D eigenvalue weighted by Gasteiger charge is -2.30. The molecule has 1 aromatic rings. The van der Waals surface area contributed by atoms with Gasteiger partial charge in [-0.25, -0.2) is 9.97 Å². The number of aromatic nitrogens is 2. The Kier molecular flexibility index (Phi) is 5.59. The van der Waals surface area contributed by atoms with Crippen molar-refractivity contribution in [3.63, 3.8) is 0 Å². The van der Waals surface area contributed by atoms with Gasteiger partial charge in [-0.15, -0.1) is 0 Å². The molecule has 20 heavy (non-hydrogen) atoms. The van der Waals surface area contributed by atoms with Crippen molar-refractivity contribution in [3.8, 4) is 0 Å². The molecule has 5 heteroatoms. The van der Waals surface area contributed by atoms with Crippen LogP contribution in [-0.2, 0) is 0 Å². The smallest absolute Gasteiger partial charge is 0.134 e. The van der Waals surface area contributed by atoms with Gasteiger partial charge in [0.25, 0.3) is 0 Å². The van der Waals surface area contributed by atoms with E-state index in [-0.39, 0.29) is 12.6 Å². The quantitative estimate of drug-likeness (QED) is 0.865. The predicted octanol–water partition coefficient (Wildman–Crippen LogP) is 2.35. The standard InChI is InChI=1S/C15H26N4O/c1-3-8-16-14-10-15(18-12(2)17-14)19-9-6-4-5-7-13(19)11-20/h10,13,20H,3-9,11H2,1-2H3,(H,16,17,18). The molecular weight excluding hydrogens is 252 g/mol. The molecule has 0 aliphatic carbocycles. The van der Waals surface area contributed by atoms with Crippen LogP contribution in [0.1, 0.15) is 44.9 Å². The Labute approximate surface area is 121 Å². The van der Waals surface area contributed by atoms with Crippen molar-refractivity contribution in [1.82, 2.24) is 9.97 Å². The first kappa shape index (κ1) is 15.0. The summed E-state index contributed by atoms with van der Waals surface area (Å²) in [5.74, 6) is 2.61. The van der Waals surface area contributed by atoms with Crippen LogP contribution in [-0.4, -0.2) is 40.8 Å². The van der Waals surface area contributed by atoms with Gasteiger partial charge in [-0.3, -0.25) is 0 Å². The number of hydrogen-bond donors (Lipinski definition) is 2. The summed E-state index contributed by atoms with van der Waals surface area (Å²) in [4.78, 5) is 11.2. The van der Waals surface area contributed by atoms with Gasteiger partial charge < -0.3 is 15.3 Å². The van der Waals surface area contributed by atoms with E-state index >= 15 is 0 Å². The number of aryl methyl sites for hydroxylation is 1. The molecule has 0 radical (unpaired) electrons. The van der Waals surface area contributed by atoms with Crippen LogP contribution in [0.5, 0.6) is 0 Å². The summed E-state index contributed by atoms with van der Waals surface area (Å²) in [7, 11) is 0. The Bertz CT molecular complexity index is 424. The zero-order valence-electron chi connectivity index (χ0n) is 12.6. The Hall–Kier alpha value is -1.36. The maximum atomic E-state index is 9.63. The van der Waals surface area contributed by atoms with Crippen molar-refractivity contribution >= 4 is 11.6 Å². The van der Waals surface area contributed by atoms with E-state index in [1.165, 1.54) is 12.8 Å². The van der Waals surface area contributed by atoms with Crippen molar-refractivity contribution in [2.75, 3.05) is 29.9 Å². The van der Waals surface area contributed by atoms with Crippen molar-refractivity contribution in [2.24, 2.45) is 0 Å². The van der Waals surface area contributed by atoms with E-state index in [2.05, 4.69) is 27.1 Å². The van der Waals surface area contributed by atoms with E-state index in [4.69, 9.17) is 0 Å². The van der Waals surface area contributed by atoms with Gasteiger partial charge in [-0.1, -0.05) is 19.8 Å². The summed E-state index contributed by atoms with van der Waals surface area (Å²) in [5, 5.41) is 12.9. The van der Waals surface area contributed by atoms with Gasteiger partial charge >= 0.3 is 0 Å². The van der Waals surface area contributed by atoms with Crippen LogP contribution < -0.4 is 10.2 Å². The van der Waals surface area contributed by atoms with Crippen LogP contribution >= 0.6 is 0 Å². The minimum Gasteiger partial charge on any atom is -0.394 e. The van der Waals surface area contributed by atoms with E-state index < -0.39 is 0 Å². The molecule has 0 amide bonds. The second kappa shape index (κ2) is 7.43. The van der Waals surface area contributed by atoms with Gasteiger partial charge in [0.2, 0.25) is 0 Å². The molecule has 1 aromatic heterocycles. The molecule has 1 unspecified atom stereocenters. The van der Waals surface area contributed by atoms with E-state index in [0.717, 1.165) is 49.8 Å². The predicted molar refractivity (Wildman–Crippen MR) is 82.2 cm³/mol. The van der Waals surface area contributed by atoms with E-state index in [0.29, 0.717) is 0 Å². The van der Waals surface area contributed by atoms with Crippen LogP contribution in [0.4, 0.5) is 11.6 Å². The highest BCUT2D eigenvalue weighted by Gasteiger charge is 2.22. The molecule has 5 nitrogen and oxygen atoms in total. The third-order valence-corrected chi connectivity index (χ3v) is 3.76. The number of hydrogen-bond acceptors (Lipinski definition) is 5. The van der Waals surface area contributed by atoms with Crippen LogP contribution in [0.25, 0.3) is 0 Å². The maximum absolute atomic E-state index is 9.63. The third-order valence-electron chi connectivity index (χ3n) is 3.76. The molecule has 0 bridgehead atoms. The van der Waals surface area contributed by atoms with Gasteiger partial charge in [-0.05, 0) is 26.2 Å². The fourth-order valence-corrected chi connectivity index (χ4v) is 2.71. The highest BCUT2D eigenvalue weighted by atomic mass is 16.3. The molecule has 0 spiro atoms. The van der Waals surface area contributed by atoms with Gasteiger partial charge in [0.05, 0.1) is 12.6 Å². The zero-order valence-corrected chi connectivity index (χ0v) is 12.6. The Balaban J connectivity index is 2.22. The van der Waals surface area contributed by atoms with Crippen molar-refractivity contribution in [2.45, 2.75) is 52.0 Å². The summed E-state index contributed by atoms with van der Waals surface area (Å²) in [6.07, 6.45) is 5.70. The fourth-order valence-electron chi connectivity index (χ4n) is 2.71. The molecular formula is C15H26N4O. The third kappa shape index (κ3) is 3.82. The summed E-state index contributed by atoms with van der Waals surface area (Å²) < 4.78 is 0. The van der Waals surface area contributed by atoms with Crippen LogP contribution in [0.2, 0.25) is 0 Å². The minimum absolute atomic E-state index is 0.186. The second-order valence-corrected chi connectivity index (χ2v) is 5.46. The van der Waals surface area contributed by atoms with E-state index in [9.17, 15) is 5.11 Å². The second-order valence-electron chi connectivity index (χ2n) is 5.46. The lowest BCUT2D eigenvalue weighted by molar-refractivity contribution is 0.254. The highest BCUT2D eigenvalue weighted by molar-refractivity contribution is 5.50. The molecule has 1 aliphatic heterocycles. The van der Waals surface area contributed by atoms with Gasteiger partial charge in [0.15, 0.2) is 0 Å². The number of nitrogens with one attached hydrogen (secondary N) is 1. The first-order valence-electron chi connectivity index (χ1n) is 7.71. The average Bonchev–Trinajstić information content (AvgIpc) is 2.69. The maximum Gasteiger partial charge on any atom is 0.134 e. The fraction of sp³-hybridized carbons (Fsp3) is 0.733. The Morgan fingerprint density at radius 3 is 2.95 bits per heavy atom. The molecule has 0 aromatic carbocycles. The SMILES string of the molecule is CCCNc1cc(N2CCCCCC2CO)nc(C)n1. The average molecular weight is 278 g/mol. The molecule has 1 fully saturated rings. The van der Waals surface area contributed by atoms with E-state index in [1.807, 2.05) is 13.0 Å². The normalized spacial score (nSPS) is 19.8. The highest BCUT2D eigenvalue weighted by Crippen LogP contribution is 2.24. The lowest BCUT2D eigenvalue weighted by Crippen LogP contribution is -2.38. The topological polar surface area (TPSA) is 61.3 Å². The number of rotatable bonds is 5.